The van der Waals surface area contributed by atoms with Gasteiger partial charge in [-0.1, -0.05) is 0 Å². The largest absolute Gasteiger partial charge is 0.482 e. The van der Waals surface area contributed by atoms with Crippen molar-refractivity contribution in [1.82, 2.24) is 24.5 Å². The molecule has 0 saturated carbocycles. The van der Waals surface area contributed by atoms with Crippen molar-refractivity contribution >= 4 is 5.82 Å². The van der Waals surface area contributed by atoms with E-state index in [1.807, 2.05) is 48.7 Å². The van der Waals surface area contributed by atoms with Crippen molar-refractivity contribution in [2.75, 3.05) is 5.73 Å². The molecule has 31 heavy (non-hydrogen) atoms. The van der Waals surface area contributed by atoms with Gasteiger partial charge in [0.05, 0.1) is 23.8 Å². The molecule has 0 aliphatic carbocycles. The summed E-state index contributed by atoms with van der Waals surface area (Å²) in [6.07, 6.45) is 5.65. The quantitative estimate of drug-likeness (QED) is 0.502. The van der Waals surface area contributed by atoms with Crippen molar-refractivity contribution in [3.05, 3.63) is 65.4 Å². The molecule has 8 heteroatoms. The Morgan fingerprint density at radius 1 is 1.13 bits per heavy atom. The van der Waals surface area contributed by atoms with E-state index in [0.29, 0.717) is 18.7 Å². The number of nitrogen functional groups attached to an aromatic ring is 1. The van der Waals surface area contributed by atoms with Crippen LogP contribution in [0.5, 0.6) is 5.75 Å². The number of aromatic nitrogens is 5. The minimum atomic E-state index is -0.456. The van der Waals surface area contributed by atoms with Crippen LogP contribution in [-0.4, -0.2) is 24.5 Å². The lowest BCUT2D eigenvalue weighted by Gasteiger charge is -2.21. The van der Waals surface area contributed by atoms with E-state index in [1.54, 1.807) is 12.3 Å². The van der Waals surface area contributed by atoms with Crippen LogP contribution in [-0.2, 0) is 20.0 Å². The normalized spacial score (nSPS) is 15.2. The van der Waals surface area contributed by atoms with Crippen LogP contribution in [0.15, 0.2) is 42.9 Å². The SMILES string of the molecule is CCn1ncc2c1-c1cnc(N)c(c1)OC(C)c1cc(F)ccc1-c1c(cnn1C)C2. The van der Waals surface area contributed by atoms with E-state index in [-0.39, 0.29) is 11.6 Å². The first kappa shape index (κ1) is 19.3. The summed E-state index contributed by atoms with van der Waals surface area (Å²) < 4.78 is 24.2. The zero-order chi connectivity index (χ0) is 21.7. The van der Waals surface area contributed by atoms with E-state index in [9.17, 15) is 4.39 Å². The Hall–Kier alpha value is -3.68. The first-order valence-electron chi connectivity index (χ1n) is 10.2. The van der Waals surface area contributed by atoms with Gasteiger partial charge in [0.2, 0.25) is 0 Å². The number of halogens is 1. The van der Waals surface area contributed by atoms with Gasteiger partial charge in [-0.15, -0.1) is 0 Å². The summed E-state index contributed by atoms with van der Waals surface area (Å²) in [7, 11) is 1.89. The van der Waals surface area contributed by atoms with Crippen LogP contribution in [0.1, 0.15) is 36.6 Å². The second-order valence-corrected chi connectivity index (χ2v) is 7.75. The second kappa shape index (κ2) is 7.23. The molecule has 2 bridgehead atoms. The maximum atomic E-state index is 14.2. The van der Waals surface area contributed by atoms with Gasteiger partial charge < -0.3 is 10.5 Å². The summed E-state index contributed by atoms with van der Waals surface area (Å²) in [5.41, 5.74) is 12.6. The lowest BCUT2D eigenvalue weighted by Crippen LogP contribution is -2.10. The predicted molar refractivity (Wildman–Crippen MR) is 116 cm³/mol. The number of hydrogen-bond acceptors (Lipinski definition) is 5. The third-order valence-corrected chi connectivity index (χ3v) is 5.78. The number of benzene rings is 1. The minimum absolute atomic E-state index is 0.288. The van der Waals surface area contributed by atoms with Crippen LogP contribution in [0, 0.1) is 5.82 Å². The number of nitrogens with two attached hydrogens (primary N) is 1. The summed E-state index contributed by atoms with van der Waals surface area (Å²) in [6, 6.07) is 6.64. The van der Waals surface area contributed by atoms with Gasteiger partial charge in [-0.05, 0) is 38.1 Å². The van der Waals surface area contributed by atoms with E-state index >= 15 is 0 Å². The Morgan fingerprint density at radius 3 is 2.71 bits per heavy atom. The molecule has 0 radical (unpaired) electrons. The molecule has 4 heterocycles. The van der Waals surface area contributed by atoms with Gasteiger partial charge >= 0.3 is 0 Å². The molecule has 4 aromatic rings. The van der Waals surface area contributed by atoms with Gasteiger partial charge in [0, 0.05) is 54.0 Å². The first-order valence-corrected chi connectivity index (χ1v) is 10.2. The van der Waals surface area contributed by atoms with E-state index < -0.39 is 6.10 Å². The second-order valence-electron chi connectivity index (χ2n) is 7.75. The Morgan fingerprint density at radius 2 is 1.90 bits per heavy atom. The molecule has 3 aromatic heterocycles. The van der Waals surface area contributed by atoms with Gasteiger partial charge in [-0.2, -0.15) is 10.2 Å². The Kier molecular flexibility index (Phi) is 4.50. The van der Waals surface area contributed by atoms with Crippen molar-refractivity contribution in [2.45, 2.75) is 32.9 Å². The summed E-state index contributed by atoms with van der Waals surface area (Å²) in [6.45, 7) is 4.65. The number of rotatable bonds is 1. The molecule has 2 N–H and O–H groups in total. The molecule has 0 spiro atoms. The molecule has 7 nitrogen and oxygen atoms in total. The molecule has 0 amide bonds. The highest BCUT2D eigenvalue weighted by Gasteiger charge is 2.24. The fourth-order valence-electron chi connectivity index (χ4n) is 4.31. The molecule has 1 unspecified atom stereocenters. The molecule has 1 aromatic carbocycles. The Bertz CT molecular complexity index is 1290. The van der Waals surface area contributed by atoms with Gasteiger partial charge in [-0.25, -0.2) is 9.37 Å². The number of aryl methyl sites for hydroxylation is 2. The van der Waals surface area contributed by atoms with Crippen LogP contribution in [0.4, 0.5) is 10.2 Å². The van der Waals surface area contributed by atoms with Crippen molar-refractivity contribution in [3.8, 4) is 28.3 Å². The molecule has 158 valence electrons. The average molecular weight is 418 g/mol. The van der Waals surface area contributed by atoms with Gasteiger partial charge in [0.25, 0.3) is 0 Å². The van der Waals surface area contributed by atoms with Gasteiger partial charge in [0.15, 0.2) is 11.6 Å². The average Bonchev–Trinajstić information content (AvgIpc) is 3.32. The highest BCUT2D eigenvalue weighted by Crippen LogP contribution is 2.38. The Labute approximate surface area is 179 Å². The Balaban J connectivity index is 1.82. The van der Waals surface area contributed by atoms with Gasteiger partial charge in [-0.3, -0.25) is 9.36 Å². The van der Waals surface area contributed by atoms with Crippen LogP contribution in [0.3, 0.4) is 0 Å². The summed E-state index contributed by atoms with van der Waals surface area (Å²) in [4.78, 5) is 4.36. The third kappa shape index (κ3) is 3.15. The van der Waals surface area contributed by atoms with Crippen LogP contribution < -0.4 is 10.5 Å². The maximum Gasteiger partial charge on any atom is 0.166 e. The van der Waals surface area contributed by atoms with Crippen LogP contribution in [0.2, 0.25) is 0 Å². The molecule has 1 aliphatic heterocycles. The monoisotopic (exact) mass is 418 g/mol. The number of anilines is 1. The van der Waals surface area contributed by atoms with Crippen molar-refractivity contribution in [1.29, 1.82) is 0 Å². The molecule has 0 saturated heterocycles. The first-order chi connectivity index (χ1) is 15.0. The molecule has 5 rings (SSSR count). The van der Waals surface area contributed by atoms with Crippen LogP contribution in [0.25, 0.3) is 22.5 Å². The topological polar surface area (TPSA) is 83.8 Å². The van der Waals surface area contributed by atoms with Crippen molar-refractivity contribution in [2.24, 2.45) is 7.05 Å². The van der Waals surface area contributed by atoms with Crippen molar-refractivity contribution in [3.63, 3.8) is 0 Å². The number of ether oxygens (including phenoxy) is 1. The van der Waals surface area contributed by atoms with E-state index in [2.05, 4.69) is 15.2 Å². The van der Waals surface area contributed by atoms with Crippen LogP contribution >= 0.6 is 0 Å². The van der Waals surface area contributed by atoms with E-state index in [0.717, 1.165) is 39.2 Å². The smallest absolute Gasteiger partial charge is 0.166 e. The van der Waals surface area contributed by atoms with E-state index in [1.165, 1.54) is 12.1 Å². The summed E-state index contributed by atoms with van der Waals surface area (Å²) in [5.74, 6) is 0.424. The van der Waals surface area contributed by atoms with E-state index in [4.69, 9.17) is 10.5 Å². The van der Waals surface area contributed by atoms with Gasteiger partial charge in [0.1, 0.15) is 11.9 Å². The molecule has 1 atom stereocenters. The number of hydrogen-bond donors (Lipinski definition) is 1. The fraction of sp³-hybridized carbons (Fsp3) is 0.261. The molecular weight excluding hydrogens is 395 g/mol. The third-order valence-electron chi connectivity index (χ3n) is 5.78. The number of pyridine rings is 1. The van der Waals surface area contributed by atoms with Crippen molar-refractivity contribution < 1.29 is 9.13 Å². The highest BCUT2D eigenvalue weighted by molar-refractivity contribution is 5.72. The lowest BCUT2D eigenvalue weighted by atomic mass is 9.94. The maximum absolute atomic E-state index is 14.2. The molecule has 1 aliphatic rings. The highest BCUT2D eigenvalue weighted by atomic mass is 19.1. The number of fused-ring (bicyclic) bond motifs is 7. The predicted octanol–water partition coefficient (Wildman–Crippen LogP) is 4.13. The standard InChI is InChI=1S/C23H23FN6O/c1-4-30-21-14(12-28-30)7-15-11-27-29(3)22(15)18-6-5-17(24)9-19(18)13(2)31-20-8-16(21)10-26-23(20)25/h5-6,8-13H,4,7H2,1-3H3,(H2,25,26). The zero-order valence-corrected chi connectivity index (χ0v) is 17.6. The molecule has 0 fully saturated rings. The number of nitrogens with zero attached hydrogens (tertiary/aromatic N) is 5. The fourth-order valence-corrected chi connectivity index (χ4v) is 4.31. The minimum Gasteiger partial charge on any atom is -0.482 e. The molecular formula is C23H23FN6O. The summed E-state index contributed by atoms with van der Waals surface area (Å²) >= 11 is 0. The summed E-state index contributed by atoms with van der Waals surface area (Å²) in [5, 5.41) is 9.07. The lowest BCUT2D eigenvalue weighted by molar-refractivity contribution is 0.227. The zero-order valence-electron chi connectivity index (χ0n) is 17.6.